The number of rotatable bonds is 8. The third-order valence-corrected chi connectivity index (χ3v) is 8.92. The van der Waals surface area contributed by atoms with Gasteiger partial charge in [0.25, 0.3) is 5.91 Å². The van der Waals surface area contributed by atoms with Gasteiger partial charge in [-0.2, -0.15) is 13.2 Å². The molecule has 1 aliphatic heterocycles. The second kappa shape index (κ2) is 10.5. The largest absolute Gasteiger partial charge is 0.491 e. The monoisotopic (exact) mass is 584 g/mol. The van der Waals surface area contributed by atoms with Gasteiger partial charge in [0, 0.05) is 12.6 Å². The maximum absolute atomic E-state index is 13.5. The number of carbonyl (C=O) groups is 1. The van der Waals surface area contributed by atoms with Crippen LogP contribution in [-0.4, -0.2) is 50.2 Å². The van der Waals surface area contributed by atoms with Gasteiger partial charge < -0.3 is 9.15 Å². The number of para-hydroxylation sites is 1. The van der Waals surface area contributed by atoms with Crippen LogP contribution in [0, 0.1) is 0 Å². The Kier molecular flexibility index (Phi) is 7.38. The lowest BCUT2D eigenvalue weighted by Crippen LogP contribution is -2.47. The lowest BCUT2D eigenvalue weighted by molar-refractivity contribution is -0.137. The van der Waals surface area contributed by atoms with Gasteiger partial charge in [0.05, 0.1) is 32.8 Å². The molecule has 1 saturated carbocycles. The Hall–Kier alpha value is -3.09. The average molecular weight is 585 g/mol. The molecule has 2 fully saturated rings. The number of likely N-dealkylation sites (tertiary alicyclic amines) is 1. The molecule has 1 unspecified atom stereocenters. The maximum Gasteiger partial charge on any atom is 0.416 e. The summed E-state index contributed by atoms with van der Waals surface area (Å²) in [5.41, 5.74) is -1.16. The number of halogens is 4. The van der Waals surface area contributed by atoms with Crippen molar-refractivity contribution in [3.63, 3.8) is 0 Å². The van der Waals surface area contributed by atoms with Crippen molar-refractivity contribution in [3.05, 3.63) is 63.3 Å². The highest BCUT2D eigenvalue weighted by Gasteiger charge is 2.40. The second-order valence-electron chi connectivity index (χ2n) is 9.55. The van der Waals surface area contributed by atoms with Crippen molar-refractivity contribution in [1.29, 1.82) is 0 Å². The predicted octanol–water partition coefficient (Wildman–Crippen LogP) is 4.58. The van der Waals surface area contributed by atoms with E-state index in [-0.39, 0.29) is 46.2 Å². The molecule has 5 rings (SSSR count). The zero-order valence-corrected chi connectivity index (χ0v) is 22.0. The van der Waals surface area contributed by atoms with Crippen molar-refractivity contribution in [2.45, 2.75) is 43.2 Å². The van der Waals surface area contributed by atoms with Gasteiger partial charge in [0.1, 0.15) is 18.1 Å². The molecule has 0 spiro atoms. The number of ether oxygens (including phenoxy) is 1. The van der Waals surface area contributed by atoms with E-state index in [4.69, 9.17) is 20.8 Å². The van der Waals surface area contributed by atoms with Crippen LogP contribution in [0.3, 0.4) is 0 Å². The van der Waals surface area contributed by atoms with Crippen LogP contribution in [0.4, 0.5) is 13.2 Å². The number of amides is 1. The van der Waals surface area contributed by atoms with E-state index in [9.17, 15) is 31.2 Å². The third kappa shape index (κ3) is 5.92. The molecule has 0 radical (unpaired) electrons. The van der Waals surface area contributed by atoms with Gasteiger partial charge in [-0.25, -0.2) is 8.42 Å². The van der Waals surface area contributed by atoms with E-state index in [1.54, 1.807) is 11.0 Å². The number of sulfonamides is 1. The number of hydrogen-bond acceptors (Lipinski definition) is 7. The Labute approximate surface area is 226 Å². The first kappa shape index (κ1) is 27.5. The maximum atomic E-state index is 13.5. The molecule has 2 aromatic carbocycles. The van der Waals surface area contributed by atoms with Crippen LogP contribution in [0.5, 0.6) is 5.75 Å². The Morgan fingerprint density at radius 3 is 2.64 bits per heavy atom. The summed E-state index contributed by atoms with van der Waals surface area (Å²) in [7, 11) is -3.70. The summed E-state index contributed by atoms with van der Waals surface area (Å²) >= 11 is 6.18. The van der Waals surface area contributed by atoms with E-state index in [0.29, 0.717) is 32.2 Å². The van der Waals surface area contributed by atoms with E-state index in [1.807, 2.05) is 0 Å². The minimum atomic E-state index is -4.64. The fourth-order valence-electron chi connectivity index (χ4n) is 4.63. The molecule has 208 valence electrons. The Morgan fingerprint density at radius 2 is 1.92 bits per heavy atom. The van der Waals surface area contributed by atoms with Gasteiger partial charge in [-0.1, -0.05) is 17.7 Å². The first-order valence-electron chi connectivity index (χ1n) is 12.3. The average Bonchev–Trinajstić information content (AvgIpc) is 3.63. The third-order valence-electron chi connectivity index (χ3n) is 6.79. The van der Waals surface area contributed by atoms with E-state index in [1.165, 1.54) is 12.1 Å². The lowest BCUT2D eigenvalue weighted by Gasteiger charge is -2.24. The molecule has 1 N–H and O–H groups in total. The fourth-order valence-corrected chi connectivity index (χ4v) is 6.18. The number of alkyl halides is 3. The summed E-state index contributed by atoms with van der Waals surface area (Å²) < 4.78 is 78.5. The van der Waals surface area contributed by atoms with Crippen LogP contribution in [0.15, 0.2) is 51.7 Å². The normalized spacial score (nSPS) is 18.4. The van der Waals surface area contributed by atoms with Crippen LogP contribution < -0.4 is 14.9 Å². The van der Waals surface area contributed by atoms with Crippen molar-refractivity contribution in [2.75, 3.05) is 19.7 Å². The van der Waals surface area contributed by atoms with Gasteiger partial charge in [0.15, 0.2) is 11.0 Å². The standard InChI is InChI=1S/C26H24ClF3N2O6S/c27-19-4-1-3-17-21(33)14-23(38-24(17)19)18-9-6-15(26(28,29)30)13-22(18)37-12-11-32-10-2-5-20(32)25(34)31-39(35,36)16-7-8-16/h1,3-4,6,9,13-14,16,20H,2,5,7-8,10-12H2,(H,31,34). The summed E-state index contributed by atoms with van der Waals surface area (Å²) in [6.07, 6.45) is -2.50. The molecular formula is C26H24ClF3N2O6S. The van der Waals surface area contributed by atoms with Crippen molar-refractivity contribution in [2.24, 2.45) is 0 Å². The van der Waals surface area contributed by atoms with E-state index < -0.39 is 44.4 Å². The van der Waals surface area contributed by atoms with E-state index in [2.05, 4.69) is 4.72 Å². The molecule has 1 amide bonds. The number of hydrogen-bond donors (Lipinski definition) is 1. The highest BCUT2D eigenvalue weighted by molar-refractivity contribution is 7.90. The van der Waals surface area contributed by atoms with Crippen LogP contribution in [0.25, 0.3) is 22.3 Å². The summed E-state index contributed by atoms with van der Waals surface area (Å²) in [6, 6.07) is 7.95. The van der Waals surface area contributed by atoms with Crippen molar-refractivity contribution in [3.8, 4) is 17.1 Å². The number of carbonyl (C=O) groups excluding carboxylic acids is 1. The quantitative estimate of drug-likeness (QED) is 0.413. The Morgan fingerprint density at radius 1 is 1.15 bits per heavy atom. The molecule has 3 aromatic rings. The highest BCUT2D eigenvalue weighted by Crippen LogP contribution is 2.38. The lowest BCUT2D eigenvalue weighted by atomic mass is 10.1. The molecule has 2 heterocycles. The zero-order chi connectivity index (χ0) is 27.9. The molecule has 39 heavy (non-hydrogen) atoms. The van der Waals surface area contributed by atoms with Gasteiger partial charge in [0.2, 0.25) is 10.0 Å². The van der Waals surface area contributed by atoms with Crippen molar-refractivity contribution in [1.82, 2.24) is 9.62 Å². The summed E-state index contributed by atoms with van der Waals surface area (Å²) in [5.74, 6) is -0.808. The molecule has 8 nitrogen and oxygen atoms in total. The summed E-state index contributed by atoms with van der Waals surface area (Å²) in [4.78, 5) is 27.1. The zero-order valence-electron chi connectivity index (χ0n) is 20.5. The van der Waals surface area contributed by atoms with Crippen molar-refractivity contribution >= 4 is 38.5 Å². The minimum absolute atomic E-state index is 0.0203. The highest BCUT2D eigenvalue weighted by atomic mass is 35.5. The number of fused-ring (bicyclic) bond motifs is 1. The molecular weight excluding hydrogens is 561 g/mol. The fraction of sp³-hybridized carbons (Fsp3) is 0.385. The van der Waals surface area contributed by atoms with E-state index in [0.717, 1.165) is 24.3 Å². The second-order valence-corrected chi connectivity index (χ2v) is 11.9. The number of nitrogens with one attached hydrogen (secondary N) is 1. The van der Waals surface area contributed by atoms with Gasteiger partial charge in [-0.05, 0) is 62.6 Å². The number of nitrogens with zero attached hydrogens (tertiary/aromatic N) is 1. The first-order valence-corrected chi connectivity index (χ1v) is 14.2. The first-order chi connectivity index (χ1) is 18.4. The van der Waals surface area contributed by atoms with Crippen LogP contribution in [0.1, 0.15) is 31.2 Å². The molecule has 1 saturated heterocycles. The molecule has 13 heteroatoms. The Balaban J connectivity index is 1.37. The van der Waals surface area contributed by atoms with Gasteiger partial charge in [-0.15, -0.1) is 0 Å². The van der Waals surface area contributed by atoms with Crippen molar-refractivity contribution < 1.29 is 35.5 Å². The molecule has 1 aromatic heterocycles. The summed E-state index contributed by atoms with van der Waals surface area (Å²) in [5, 5.41) is -0.144. The topological polar surface area (TPSA) is 106 Å². The molecule has 0 bridgehead atoms. The summed E-state index contributed by atoms with van der Waals surface area (Å²) in [6.45, 7) is 0.551. The van der Waals surface area contributed by atoms with E-state index >= 15 is 0 Å². The van der Waals surface area contributed by atoms with Crippen LogP contribution in [-0.2, 0) is 21.0 Å². The predicted molar refractivity (Wildman–Crippen MR) is 138 cm³/mol. The van der Waals surface area contributed by atoms with Crippen LogP contribution >= 0.6 is 11.6 Å². The molecule has 1 aliphatic carbocycles. The van der Waals surface area contributed by atoms with Gasteiger partial charge in [-0.3, -0.25) is 19.2 Å². The van der Waals surface area contributed by atoms with Gasteiger partial charge >= 0.3 is 6.18 Å². The SMILES string of the molecule is O=C(NS(=O)(=O)C1CC1)C1CCCN1CCOc1cc(C(F)(F)F)ccc1-c1cc(=O)c2cccc(Cl)c2o1. The number of benzene rings is 2. The minimum Gasteiger partial charge on any atom is -0.491 e. The molecule has 1 atom stereocenters. The molecule has 2 aliphatic rings. The Bertz CT molecular complexity index is 1590. The smallest absolute Gasteiger partial charge is 0.416 e. The van der Waals surface area contributed by atoms with Crippen LogP contribution in [0.2, 0.25) is 5.02 Å².